The molecule has 4 rings (SSSR count). The number of fused-ring (bicyclic) bond motifs is 1. The lowest BCUT2D eigenvalue weighted by molar-refractivity contribution is -0.166. The fourth-order valence-corrected chi connectivity index (χ4v) is 4.38. The SMILES string of the molecule is CCN1CCC[C@H]1C(=O)OCN1C(=O)CCC(N2C(=O)c3ccccc3C2=O)C1=O.Cl. The van der Waals surface area contributed by atoms with Gasteiger partial charge in [0.05, 0.1) is 11.1 Å². The maximum absolute atomic E-state index is 13.0. The topological polar surface area (TPSA) is 104 Å². The summed E-state index contributed by atoms with van der Waals surface area (Å²) in [6.45, 7) is 2.96. The van der Waals surface area contributed by atoms with Crippen LogP contribution in [0.25, 0.3) is 0 Å². The van der Waals surface area contributed by atoms with Gasteiger partial charge in [-0.1, -0.05) is 19.1 Å². The molecule has 1 aromatic rings. The summed E-state index contributed by atoms with van der Waals surface area (Å²) >= 11 is 0. The first-order valence-electron chi connectivity index (χ1n) is 10.2. The van der Waals surface area contributed by atoms with E-state index in [1.807, 2.05) is 11.8 Å². The zero-order valence-electron chi connectivity index (χ0n) is 17.1. The van der Waals surface area contributed by atoms with E-state index >= 15 is 0 Å². The van der Waals surface area contributed by atoms with Gasteiger partial charge in [0.2, 0.25) is 5.91 Å². The number of rotatable bonds is 5. The van der Waals surface area contributed by atoms with Gasteiger partial charge in [0.15, 0.2) is 6.73 Å². The van der Waals surface area contributed by atoms with Crippen LogP contribution in [0.5, 0.6) is 0 Å². The molecule has 0 aliphatic carbocycles. The minimum Gasteiger partial charge on any atom is -0.443 e. The number of benzene rings is 1. The first-order chi connectivity index (χ1) is 14.4. The highest BCUT2D eigenvalue weighted by Gasteiger charge is 2.47. The molecule has 3 aliphatic rings. The highest BCUT2D eigenvalue weighted by molar-refractivity contribution is 6.23. The number of esters is 1. The van der Waals surface area contributed by atoms with Gasteiger partial charge in [0, 0.05) is 6.42 Å². The Morgan fingerprint density at radius 2 is 1.71 bits per heavy atom. The fraction of sp³-hybridized carbons (Fsp3) is 0.476. The second-order valence-electron chi connectivity index (χ2n) is 7.62. The molecule has 0 spiro atoms. The van der Waals surface area contributed by atoms with Crippen LogP contribution in [0.15, 0.2) is 24.3 Å². The molecule has 2 saturated heterocycles. The Hall–Kier alpha value is -2.78. The van der Waals surface area contributed by atoms with E-state index in [9.17, 15) is 24.0 Å². The van der Waals surface area contributed by atoms with E-state index in [2.05, 4.69) is 0 Å². The second kappa shape index (κ2) is 9.15. The molecule has 2 fully saturated rings. The predicted octanol–water partition coefficient (Wildman–Crippen LogP) is 1.21. The first kappa shape index (κ1) is 22.9. The van der Waals surface area contributed by atoms with Crippen molar-refractivity contribution in [3.05, 3.63) is 35.4 Å². The lowest BCUT2D eigenvalue weighted by Crippen LogP contribution is -2.56. The van der Waals surface area contributed by atoms with Crippen molar-refractivity contribution in [3.63, 3.8) is 0 Å². The van der Waals surface area contributed by atoms with Gasteiger partial charge in [-0.25, -0.2) is 4.90 Å². The molecular weight excluding hydrogens is 426 g/mol. The van der Waals surface area contributed by atoms with Gasteiger partial charge in [-0.3, -0.25) is 33.8 Å². The molecule has 0 aromatic heterocycles. The molecule has 9 nitrogen and oxygen atoms in total. The van der Waals surface area contributed by atoms with Crippen LogP contribution >= 0.6 is 12.4 Å². The van der Waals surface area contributed by atoms with Crippen LogP contribution in [0.1, 0.15) is 53.3 Å². The van der Waals surface area contributed by atoms with Gasteiger partial charge in [-0.2, -0.15) is 0 Å². The van der Waals surface area contributed by atoms with Crippen LogP contribution in [0.2, 0.25) is 0 Å². The van der Waals surface area contributed by atoms with E-state index in [0.717, 1.165) is 22.8 Å². The maximum Gasteiger partial charge on any atom is 0.325 e. The van der Waals surface area contributed by atoms with Gasteiger partial charge in [0.25, 0.3) is 17.7 Å². The summed E-state index contributed by atoms with van der Waals surface area (Å²) in [5, 5.41) is 0. The monoisotopic (exact) mass is 449 g/mol. The van der Waals surface area contributed by atoms with Crippen molar-refractivity contribution in [2.45, 2.75) is 44.7 Å². The Morgan fingerprint density at radius 1 is 1.06 bits per heavy atom. The van der Waals surface area contributed by atoms with Crippen molar-refractivity contribution in [3.8, 4) is 0 Å². The van der Waals surface area contributed by atoms with Crippen LogP contribution in [-0.2, 0) is 19.1 Å². The summed E-state index contributed by atoms with van der Waals surface area (Å²) in [7, 11) is 0. The van der Waals surface area contributed by atoms with Crippen LogP contribution in [0.3, 0.4) is 0 Å². The number of carbonyl (C=O) groups is 5. The van der Waals surface area contributed by atoms with Crippen LogP contribution in [0, 0.1) is 0 Å². The van der Waals surface area contributed by atoms with E-state index < -0.39 is 42.4 Å². The summed E-state index contributed by atoms with van der Waals surface area (Å²) in [4.78, 5) is 66.9. The van der Waals surface area contributed by atoms with Crippen molar-refractivity contribution in [2.24, 2.45) is 0 Å². The summed E-state index contributed by atoms with van der Waals surface area (Å²) in [5.41, 5.74) is 0.483. The lowest BCUT2D eigenvalue weighted by Gasteiger charge is -2.34. The van der Waals surface area contributed by atoms with E-state index in [4.69, 9.17) is 4.74 Å². The average molecular weight is 450 g/mol. The van der Waals surface area contributed by atoms with Gasteiger partial charge < -0.3 is 4.74 Å². The Labute approximate surface area is 185 Å². The number of piperidine rings is 1. The third-order valence-electron chi connectivity index (χ3n) is 6.00. The molecule has 4 amide bonds. The second-order valence-corrected chi connectivity index (χ2v) is 7.62. The zero-order valence-corrected chi connectivity index (χ0v) is 17.9. The molecule has 1 unspecified atom stereocenters. The summed E-state index contributed by atoms with van der Waals surface area (Å²) < 4.78 is 5.28. The third kappa shape index (κ3) is 3.95. The highest BCUT2D eigenvalue weighted by atomic mass is 35.5. The summed E-state index contributed by atoms with van der Waals surface area (Å²) in [6, 6.07) is 4.90. The van der Waals surface area contributed by atoms with E-state index in [0.29, 0.717) is 13.0 Å². The Morgan fingerprint density at radius 3 is 2.32 bits per heavy atom. The number of likely N-dealkylation sites (tertiary alicyclic amines) is 2. The number of halogens is 1. The van der Waals surface area contributed by atoms with E-state index in [1.165, 1.54) is 12.1 Å². The molecular formula is C21H24ClN3O6. The van der Waals surface area contributed by atoms with E-state index in [-0.39, 0.29) is 42.4 Å². The largest absolute Gasteiger partial charge is 0.443 e. The molecule has 3 aliphatic heterocycles. The number of imide groups is 2. The molecule has 2 atom stereocenters. The van der Waals surface area contributed by atoms with Gasteiger partial charge >= 0.3 is 5.97 Å². The molecule has 166 valence electrons. The number of hydrogen-bond donors (Lipinski definition) is 0. The van der Waals surface area contributed by atoms with Crippen LogP contribution in [0.4, 0.5) is 0 Å². The number of nitrogens with zero attached hydrogens (tertiary/aromatic N) is 3. The predicted molar refractivity (Wildman–Crippen MR) is 110 cm³/mol. The number of hydrogen-bond acceptors (Lipinski definition) is 7. The standard InChI is InChI=1S/C21H23N3O6.ClH/c1-2-22-11-5-8-16(22)21(29)30-12-23-17(25)10-9-15(20(23)28)24-18(26)13-6-3-4-7-14(13)19(24)27;/h3-4,6-7,15-16H,2,5,8-12H2,1H3;1H/t15?,16-;/m0./s1. The van der Waals surface area contributed by atoms with Crippen molar-refractivity contribution >= 4 is 42.0 Å². The Balaban J connectivity index is 0.00000272. The minimum atomic E-state index is -1.09. The van der Waals surface area contributed by atoms with Crippen molar-refractivity contribution in [1.29, 1.82) is 0 Å². The maximum atomic E-state index is 13.0. The Kier molecular flexibility index (Phi) is 6.76. The number of ether oxygens (including phenoxy) is 1. The molecule has 31 heavy (non-hydrogen) atoms. The average Bonchev–Trinajstić information content (AvgIpc) is 3.32. The molecule has 0 saturated carbocycles. The summed E-state index contributed by atoms with van der Waals surface area (Å²) in [5.74, 6) is -2.76. The molecule has 0 bridgehead atoms. The first-order valence-corrected chi connectivity index (χ1v) is 10.2. The van der Waals surface area contributed by atoms with Crippen LogP contribution < -0.4 is 0 Å². The minimum absolute atomic E-state index is 0. The summed E-state index contributed by atoms with van der Waals surface area (Å²) in [6.07, 6.45) is 1.59. The normalized spacial score (nSPS) is 23.8. The number of carbonyl (C=O) groups excluding carboxylic acids is 5. The highest BCUT2D eigenvalue weighted by Crippen LogP contribution is 2.29. The molecule has 0 radical (unpaired) electrons. The van der Waals surface area contributed by atoms with Crippen molar-refractivity contribution in [1.82, 2.24) is 14.7 Å². The van der Waals surface area contributed by atoms with Gasteiger partial charge in [-0.15, -0.1) is 12.4 Å². The third-order valence-corrected chi connectivity index (χ3v) is 6.00. The number of likely N-dealkylation sites (N-methyl/N-ethyl adjacent to an activating group) is 1. The molecule has 10 heteroatoms. The van der Waals surface area contributed by atoms with Crippen molar-refractivity contribution < 1.29 is 28.7 Å². The molecule has 1 aromatic carbocycles. The molecule has 3 heterocycles. The zero-order chi connectivity index (χ0) is 21.4. The molecule has 0 N–H and O–H groups in total. The smallest absolute Gasteiger partial charge is 0.325 e. The fourth-order valence-electron chi connectivity index (χ4n) is 4.38. The van der Waals surface area contributed by atoms with Gasteiger partial charge in [0.1, 0.15) is 12.1 Å². The van der Waals surface area contributed by atoms with Crippen LogP contribution in [-0.4, -0.2) is 76.2 Å². The van der Waals surface area contributed by atoms with Gasteiger partial charge in [-0.05, 0) is 44.5 Å². The number of amides is 4. The van der Waals surface area contributed by atoms with E-state index in [1.54, 1.807) is 12.1 Å². The van der Waals surface area contributed by atoms with Crippen molar-refractivity contribution in [2.75, 3.05) is 19.8 Å². The lowest BCUT2D eigenvalue weighted by atomic mass is 10.0. The quantitative estimate of drug-likeness (QED) is 0.491. The Bertz CT molecular complexity index is 900.